The summed E-state index contributed by atoms with van der Waals surface area (Å²) < 4.78 is 16.5. The van der Waals surface area contributed by atoms with Gasteiger partial charge in [-0.15, -0.1) is 0 Å². The Hall–Kier alpha value is -8.48. The van der Waals surface area contributed by atoms with Crippen LogP contribution in [0, 0.1) is 0 Å². The van der Waals surface area contributed by atoms with Gasteiger partial charge in [-0.25, -0.2) is 0 Å². The molecule has 0 radical (unpaired) electrons. The number of benzene rings is 10. The molecule has 15 rings (SSSR count). The number of rotatable bonds is 7. The van der Waals surface area contributed by atoms with E-state index in [2.05, 4.69) is 240 Å². The lowest BCUT2D eigenvalue weighted by Gasteiger charge is -2.15. The molecule has 5 heteroatoms. The first-order valence-electron chi connectivity index (χ1n) is 23.1. The number of furan rings is 2. The minimum Gasteiger partial charge on any atom is -0.456 e. The summed E-state index contributed by atoms with van der Waals surface area (Å²) >= 11 is 0. The van der Waals surface area contributed by atoms with Crippen molar-refractivity contribution < 1.29 is 8.83 Å². The van der Waals surface area contributed by atoms with E-state index in [0.717, 1.165) is 55.1 Å². The first kappa shape index (κ1) is 36.8. The summed E-state index contributed by atoms with van der Waals surface area (Å²) in [5, 5.41) is 9.67. The van der Waals surface area contributed by atoms with Crippen molar-refractivity contribution in [2.24, 2.45) is 0 Å². The molecule has 0 N–H and O–H groups in total. The number of hydrogen-bond donors (Lipinski definition) is 0. The van der Waals surface area contributed by atoms with E-state index >= 15 is 0 Å². The first-order chi connectivity index (χ1) is 33.2. The zero-order chi connectivity index (χ0) is 43.8. The Bertz CT molecular complexity index is 4130. The van der Waals surface area contributed by atoms with Crippen LogP contribution in [0.1, 0.15) is 23.5 Å². The maximum atomic E-state index is 6.75. The van der Waals surface area contributed by atoms with Gasteiger partial charge in [-0.05, 0) is 105 Å². The predicted molar refractivity (Wildman–Crippen MR) is 274 cm³/mol. The van der Waals surface area contributed by atoms with E-state index in [1.54, 1.807) is 0 Å². The van der Waals surface area contributed by atoms with Gasteiger partial charge in [-0.3, -0.25) is 0 Å². The van der Waals surface area contributed by atoms with Gasteiger partial charge in [0.2, 0.25) is 12.3 Å². The van der Waals surface area contributed by atoms with Crippen LogP contribution in [0.3, 0.4) is 0 Å². The van der Waals surface area contributed by atoms with E-state index in [4.69, 9.17) is 8.83 Å². The SMILES string of the molecule is c1ccc(-c2cccc(-n3c4ccccc4c4cc(-c5ccc6oc7cccc([N+]89C(c%10ccccc%10)N8C9c8cc(-c9ccccc9)c9c(c8)oc8ccccc89)c7c6c5)ccc43)c2)cc1. The molecule has 0 spiro atoms. The van der Waals surface area contributed by atoms with E-state index in [-0.39, 0.29) is 12.3 Å². The molecule has 3 aromatic heterocycles. The van der Waals surface area contributed by atoms with E-state index < -0.39 is 0 Å². The normalized spacial score (nSPS) is 18.7. The lowest BCUT2D eigenvalue weighted by Crippen LogP contribution is -2.20. The van der Waals surface area contributed by atoms with Crippen molar-refractivity contribution in [3.8, 4) is 39.1 Å². The second kappa shape index (κ2) is 13.8. The number of aromatic nitrogens is 1. The molecule has 0 aliphatic carbocycles. The molecule has 2 saturated heterocycles. The third kappa shape index (κ3) is 5.26. The zero-order valence-electron chi connectivity index (χ0n) is 36.3. The third-order valence-electron chi connectivity index (χ3n) is 14.6. The van der Waals surface area contributed by atoms with Crippen LogP contribution in [0.4, 0.5) is 5.69 Å². The van der Waals surface area contributed by atoms with Crippen LogP contribution < -0.4 is 4.59 Å². The molecule has 5 nitrogen and oxygen atoms in total. The Kier molecular flexibility index (Phi) is 7.57. The van der Waals surface area contributed by atoms with Gasteiger partial charge in [0.05, 0.1) is 16.4 Å². The Labute approximate surface area is 385 Å². The molecular formula is C62H40N3O2+. The molecule has 2 fully saturated rings. The summed E-state index contributed by atoms with van der Waals surface area (Å²) in [6.45, 7) is 0. The lowest BCUT2D eigenvalue weighted by molar-refractivity contribution is 0.481. The molecule has 10 aromatic carbocycles. The van der Waals surface area contributed by atoms with Crippen LogP contribution in [0.15, 0.2) is 239 Å². The molecule has 0 amide bonds. The van der Waals surface area contributed by atoms with E-state index in [0.29, 0.717) is 4.59 Å². The Morgan fingerprint density at radius 1 is 0.343 bits per heavy atom. The molecule has 314 valence electrons. The van der Waals surface area contributed by atoms with Gasteiger partial charge in [0.1, 0.15) is 22.3 Å². The fourth-order valence-electron chi connectivity index (χ4n) is 11.6. The second-order valence-corrected chi connectivity index (χ2v) is 18.1. The number of quaternary nitrogens is 1. The van der Waals surface area contributed by atoms with Crippen molar-refractivity contribution >= 4 is 71.4 Å². The van der Waals surface area contributed by atoms with Gasteiger partial charge in [0.25, 0.3) is 0 Å². The monoisotopic (exact) mass is 858 g/mol. The Balaban J connectivity index is 0.885. The number of nitrogens with zero attached hydrogens (tertiary/aromatic N) is 3. The molecule has 4 unspecified atom stereocenters. The summed E-state index contributed by atoms with van der Waals surface area (Å²) in [5.74, 6) is 0. The average molecular weight is 859 g/mol. The highest BCUT2D eigenvalue weighted by molar-refractivity contribution is 6.15. The molecule has 67 heavy (non-hydrogen) atoms. The Morgan fingerprint density at radius 3 is 1.78 bits per heavy atom. The van der Waals surface area contributed by atoms with Gasteiger partial charge in [0.15, 0.2) is 5.69 Å². The van der Waals surface area contributed by atoms with Crippen LogP contribution in [0.5, 0.6) is 0 Å². The number of fused-ring (bicyclic) bond motifs is 10. The van der Waals surface area contributed by atoms with Gasteiger partial charge in [-0.1, -0.05) is 158 Å². The van der Waals surface area contributed by atoms with Gasteiger partial charge >= 0.3 is 0 Å². The second-order valence-electron chi connectivity index (χ2n) is 18.1. The highest BCUT2D eigenvalue weighted by Crippen LogP contribution is 2.78. The van der Waals surface area contributed by atoms with Crippen LogP contribution in [-0.4, -0.2) is 9.58 Å². The fraction of sp³-hybridized carbons (Fsp3) is 0.0323. The van der Waals surface area contributed by atoms with E-state index in [9.17, 15) is 0 Å². The minimum atomic E-state index is 0.0946. The van der Waals surface area contributed by atoms with Crippen molar-refractivity contribution in [3.05, 3.63) is 242 Å². The minimum absolute atomic E-state index is 0.0946. The van der Waals surface area contributed by atoms with Gasteiger partial charge in [-0.2, -0.15) is 4.59 Å². The number of para-hydroxylation sites is 2. The topological polar surface area (TPSA) is 34.2 Å². The lowest BCUT2D eigenvalue weighted by atomic mass is 9.95. The maximum Gasteiger partial charge on any atom is 0.246 e. The predicted octanol–water partition coefficient (Wildman–Crippen LogP) is 16.5. The largest absolute Gasteiger partial charge is 0.456 e. The first-order valence-corrected chi connectivity index (χ1v) is 23.1. The van der Waals surface area contributed by atoms with Crippen LogP contribution in [-0.2, 0) is 0 Å². The molecule has 0 bridgehead atoms. The summed E-state index contributed by atoms with van der Waals surface area (Å²) in [5.41, 5.74) is 18.0. The molecule has 2 aliphatic heterocycles. The highest BCUT2D eigenvalue weighted by Gasteiger charge is 2.93. The third-order valence-corrected chi connectivity index (χ3v) is 14.6. The summed E-state index contributed by atoms with van der Waals surface area (Å²) in [6.07, 6.45) is 0.265. The van der Waals surface area contributed by atoms with Crippen LogP contribution in [0.2, 0.25) is 0 Å². The van der Waals surface area contributed by atoms with Crippen molar-refractivity contribution in [2.45, 2.75) is 12.3 Å². The summed E-state index contributed by atoms with van der Waals surface area (Å²) in [6, 6.07) is 83.4. The standard InChI is InChI=1S/C62H40N3O2/c1-4-16-39(17-5-1)42-22-14-23-46(34-42)63-52-26-12-10-24-47(52)50-35-43(30-32-53(50)63)44-31-33-56-51(36-44)60-54(27-15-29-57(60)66-56)65-61(41-20-8-3-9-21-41)64(65)62(65)45-37-49(40-18-6-2-7-19-40)59-48-25-11-13-28-55(48)67-58(59)38-45/h1-38,61-62H/q+1. The molecular weight excluding hydrogens is 819 g/mol. The fourth-order valence-corrected chi connectivity index (χ4v) is 11.6. The summed E-state index contributed by atoms with van der Waals surface area (Å²) in [7, 11) is 0. The van der Waals surface area contributed by atoms with E-state index in [1.165, 1.54) is 66.4 Å². The maximum absolute atomic E-state index is 6.75. The molecule has 2 aliphatic rings. The van der Waals surface area contributed by atoms with Gasteiger partial charge in [0, 0.05) is 49.8 Å². The Morgan fingerprint density at radius 2 is 0.940 bits per heavy atom. The van der Waals surface area contributed by atoms with Crippen LogP contribution >= 0.6 is 0 Å². The van der Waals surface area contributed by atoms with Gasteiger partial charge < -0.3 is 13.4 Å². The molecule has 4 atom stereocenters. The molecule has 5 heterocycles. The molecule has 13 aromatic rings. The van der Waals surface area contributed by atoms with Crippen molar-refractivity contribution in [2.75, 3.05) is 0 Å². The van der Waals surface area contributed by atoms with Crippen molar-refractivity contribution in [1.29, 1.82) is 0 Å². The average Bonchev–Trinajstić information content (AvgIpc) is 4.06. The number of hydrogen-bond acceptors (Lipinski definition) is 3. The smallest absolute Gasteiger partial charge is 0.246 e. The highest BCUT2D eigenvalue weighted by atomic mass is 16.3. The van der Waals surface area contributed by atoms with E-state index in [1.807, 2.05) is 0 Å². The van der Waals surface area contributed by atoms with Crippen LogP contribution in [0.25, 0.3) is 105 Å². The summed E-state index contributed by atoms with van der Waals surface area (Å²) in [4.78, 5) is 0. The van der Waals surface area contributed by atoms with Crippen molar-refractivity contribution in [3.63, 3.8) is 0 Å². The molecule has 0 saturated carbocycles. The van der Waals surface area contributed by atoms with Crippen molar-refractivity contribution in [1.82, 2.24) is 14.2 Å². The quantitative estimate of drug-likeness (QED) is 0.118. The zero-order valence-corrected chi connectivity index (χ0v) is 36.3.